The third-order valence-corrected chi connectivity index (χ3v) is 6.98. The summed E-state index contributed by atoms with van der Waals surface area (Å²) < 4.78 is 40.8. The molecule has 3 aliphatic rings. The Kier molecular flexibility index (Phi) is 3.85. The number of aromatic nitrogens is 2. The number of rotatable bonds is 3. The van der Waals surface area contributed by atoms with Gasteiger partial charge in [-0.25, -0.2) is 23.2 Å². The molecule has 1 aliphatic heterocycles. The predicted molar refractivity (Wildman–Crippen MR) is 104 cm³/mol. The molecule has 29 heavy (non-hydrogen) atoms. The highest BCUT2D eigenvalue weighted by Gasteiger charge is 2.45. The lowest BCUT2D eigenvalue weighted by Crippen LogP contribution is -2.45. The van der Waals surface area contributed by atoms with Crippen molar-refractivity contribution in [2.24, 2.45) is 5.14 Å². The van der Waals surface area contributed by atoms with Crippen molar-refractivity contribution in [2.75, 3.05) is 5.32 Å². The van der Waals surface area contributed by atoms with Crippen LogP contribution in [0.2, 0.25) is 0 Å². The van der Waals surface area contributed by atoms with Gasteiger partial charge in [-0.05, 0) is 48.4 Å². The van der Waals surface area contributed by atoms with Gasteiger partial charge in [0.1, 0.15) is 21.0 Å². The minimum Gasteiger partial charge on any atom is -0.458 e. The lowest BCUT2D eigenvalue weighted by atomic mass is 9.97. The zero-order valence-corrected chi connectivity index (χ0v) is 16.8. The number of anilines is 1. The molecule has 1 aromatic heterocycles. The maximum absolute atomic E-state index is 14.1. The predicted octanol–water partition coefficient (Wildman–Crippen LogP) is 1.88. The minimum absolute atomic E-state index is 0.0317. The number of alkyl halides is 1. The molecule has 0 fully saturated rings. The van der Waals surface area contributed by atoms with Gasteiger partial charge in [-0.2, -0.15) is 5.10 Å². The van der Waals surface area contributed by atoms with E-state index in [2.05, 4.69) is 16.5 Å². The number of nitrogens with two attached hydrogens (primary N) is 1. The Hall–Kier alpha value is -2.46. The number of carbonyl (C=O) groups is 1. The molecule has 10 heteroatoms. The average molecular weight is 419 g/mol. The quantitative estimate of drug-likeness (QED) is 0.703. The number of nitrogens with one attached hydrogen (secondary N) is 2. The topological polar surface area (TPSA) is 123 Å². The summed E-state index contributed by atoms with van der Waals surface area (Å²) in [6, 6.07) is 2.09. The second-order valence-corrected chi connectivity index (χ2v) is 9.89. The average Bonchev–Trinajstić information content (AvgIpc) is 3.35. The van der Waals surface area contributed by atoms with Crippen molar-refractivity contribution >= 4 is 21.5 Å². The standard InChI is InChI=1S/C19H22FN5O3S/c1-19(9-25-17(28-19)15(8-23-25)29(21,22)27)18(26)24-16-13-4-2-3-10(13)5-11-6-12(20)7-14(11)16/h5,8,12H,2-4,6-7,9H2,1H3,(H,24,26)(H3,21,22,27)/t12-,19?/m1/s1. The highest BCUT2D eigenvalue weighted by Crippen LogP contribution is 2.41. The summed E-state index contributed by atoms with van der Waals surface area (Å²) in [7, 11) is -3.52. The van der Waals surface area contributed by atoms with Gasteiger partial charge in [0.05, 0.1) is 12.7 Å². The van der Waals surface area contributed by atoms with Gasteiger partial charge in [0.25, 0.3) is 5.91 Å². The molecule has 5 rings (SSSR count). The fourth-order valence-electron chi connectivity index (χ4n) is 4.63. The molecule has 0 bridgehead atoms. The Morgan fingerprint density at radius 2 is 2.21 bits per heavy atom. The van der Waals surface area contributed by atoms with E-state index in [0.29, 0.717) is 12.8 Å². The molecule has 154 valence electrons. The number of aryl methyl sites for hydroxylation is 1. The molecule has 3 atom stereocenters. The minimum atomic E-state index is -3.52. The van der Waals surface area contributed by atoms with Crippen LogP contribution < -0.4 is 15.2 Å². The third-order valence-electron chi connectivity index (χ3n) is 6.05. The number of fused-ring (bicyclic) bond motifs is 3. The van der Waals surface area contributed by atoms with Crippen molar-refractivity contribution in [1.82, 2.24) is 9.78 Å². The number of nitrogens with zero attached hydrogens (tertiary/aromatic N) is 2. The van der Waals surface area contributed by atoms with Crippen molar-refractivity contribution in [3.63, 3.8) is 0 Å². The zero-order chi connectivity index (χ0) is 20.6. The first-order valence-corrected chi connectivity index (χ1v) is 11.2. The maximum atomic E-state index is 14.1. The lowest BCUT2D eigenvalue weighted by molar-refractivity contribution is -0.129. The number of ether oxygens (including phenoxy) is 1. The van der Waals surface area contributed by atoms with Gasteiger partial charge in [0.2, 0.25) is 11.5 Å². The monoisotopic (exact) mass is 419 g/mol. The van der Waals surface area contributed by atoms with Crippen LogP contribution in [0.1, 0.15) is 35.6 Å². The van der Waals surface area contributed by atoms with Crippen LogP contribution >= 0.6 is 0 Å². The van der Waals surface area contributed by atoms with Gasteiger partial charge in [0, 0.05) is 18.5 Å². The summed E-state index contributed by atoms with van der Waals surface area (Å²) >= 11 is 0. The fraction of sp³-hybridized carbons (Fsp3) is 0.474. The van der Waals surface area contributed by atoms with E-state index < -0.39 is 21.7 Å². The Labute approximate surface area is 167 Å². The number of benzene rings is 1. The van der Waals surface area contributed by atoms with E-state index in [1.165, 1.54) is 16.4 Å². The Bertz CT molecular complexity index is 1160. The molecule has 0 spiro atoms. The summed E-state index contributed by atoms with van der Waals surface area (Å²) in [5, 5.41) is 12.5. The normalized spacial score (nSPS) is 26.4. The van der Waals surface area contributed by atoms with Gasteiger partial charge < -0.3 is 10.1 Å². The number of hydrogen-bond acceptors (Lipinski definition) is 5. The van der Waals surface area contributed by atoms with Crippen molar-refractivity contribution in [1.29, 1.82) is 4.78 Å². The molecule has 2 aliphatic carbocycles. The van der Waals surface area contributed by atoms with Crippen molar-refractivity contribution in [2.45, 2.75) is 62.2 Å². The van der Waals surface area contributed by atoms with Crippen LogP contribution in [0.15, 0.2) is 17.2 Å². The van der Waals surface area contributed by atoms with E-state index >= 15 is 0 Å². The van der Waals surface area contributed by atoms with Crippen molar-refractivity contribution in [3.05, 3.63) is 34.5 Å². The van der Waals surface area contributed by atoms with E-state index in [4.69, 9.17) is 14.7 Å². The highest BCUT2D eigenvalue weighted by atomic mass is 32.2. The van der Waals surface area contributed by atoms with Gasteiger partial charge in [-0.3, -0.25) is 4.79 Å². The van der Waals surface area contributed by atoms with Gasteiger partial charge in [-0.15, -0.1) is 0 Å². The SMILES string of the molecule is CC1(C(=O)Nc2c3c(cc4c2C[C@H](F)C4)CCC3)Cn2ncc(S(=N)(N)=O)c2O1. The molecule has 2 unspecified atom stereocenters. The van der Waals surface area contributed by atoms with E-state index in [0.717, 1.165) is 41.6 Å². The third kappa shape index (κ3) is 2.84. The summed E-state index contributed by atoms with van der Waals surface area (Å²) in [5.74, 6) is -0.301. The number of carbonyl (C=O) groups excluding carboxylic acids is 1. The van der Waals surface area contributed by atoms with E-state index in [-0.39, 0.29) is 23.2 Å². The van der Waals surface area contributed by atoms with Crippen LogP contribution in [-0.2, 0) is 46.9 Å². The first-order chi connectivity index (χ1) is 13.7. The highest BCUT2D eigenvalue weighted by molar-refractivity contribution is 7.90. The number of halogens is 1. The van der Waals surface area contributed by atoms with Crippen LogP contribution in [0.3, 0.4) is 0 Å². The second-order valence-electron chi connectivity index (χ2n) is 8.25. The second kappa shape index (κ2) is 6.02. The number of hydrogen-bond donors (Lipinski definition) is 3. The molecule has 1 aromatic carbocycles. The Balaban J connectivity index is 1.47. The first-order valence-electron chi connectivity index (χ1n) is 9.59. The fourth-order valence-corrected chi connectivity index (χ4v) is 5.24. The van der Waals surface area contributed by atoms with Gasteiger partial charge >= 0.3 is 0 Å². The van der Waals surface area contributed by atoms with E-state index in [9.17, 15) is 13.4 Å². The molecule has 0 radical (unpaired) electrons. The Morgan fingerprint density at radius 1 is 1.41 bits per heavy atom. The Morgan fingerprint density at radius 3 is 2.97 bits per heavy atom. The van der Waals surface area contributed by atoms with Crippen LogP contribution in [0, 0.1) is 4.78 Å². The zero-order valence-electron chi connectivity index (χ0n) is 16.0. The lowest BCUT2D eigenvalue weighted by Gasteiger charge is -2.24. The molecule has 0 saturated heterocycles. The van der Waals surface area contributed by atoms with Crippen molar-refractivity contribution in [3.8, 4) is 5.88 Å². The van der Waals surface area contributed by atoms with Crippen LogP contribution in [0.5, 0.6) is 5.88 Å². The van der Waals surface area contributed by atoms with Gasteiger partial charge in [-0.1, -0.05) is 6.07 Å². The molecular weight excluding hydrogens is 397 g/mol. The van der Waals surface area contributed by atoms with E-state index in [1.807, 2.05) is 0 Å². The molecule has 8 nitrogen and oxygen atoms in total. The molecule has 2 heterocycles. The summed E-state index contributed by atoms with van der Waals surface area (Å²) in [5.41, 5.74) is 3.53. The number of amides is 1. The van der Waals surface area contributed by atoms with Gasteiger partial charge in [0.15, 0.2) is 0 Å². The molecule has 2 aromatic rings. The first kappa shape index (κ1) is 18.6. The molecular formula is C19H22FN5O3S. The summed E-state index contributed by atoms with van der Waals surface area (Å²) in [4.78, 5) is 13.2. The smallest absolute Gasteiger partial charge is 0.270 e. The van der Waals surface area contributed by atoms with Crippen molar-refractivity contribution < 1.29 is 18.1 Å². The summed E-state index contributed by atoms with van der Waals surface area (Å²) in [6.07, 6.45) is 3.79. The molecule has 4 N–H and O–H groups in total. The van der Waals surface area contributed by atoms with Crippen LogP contribution in [-0.4, -0.2) is 31.7 Å². The van der Waals surface area contributed by atoms with Crippen LogP contribution in [0.4, 0.5) is 10.1 Å². The summed E-state index contributed by atoms with van der Waals surface area (Å²) in [6.45, 7) is 1.72. The van der Waals surface area contributed by atoms with E-state index in [1.54, 1.807) is 6.92 Å². The largest absolute Gasteiger partial charge is 0.458 e. The maximum Gasteiger partial charge on any atom is 0.270 e. The van der Waals surface area contributed by atoms with Crippen LogP contribution in [0.25, 0.3) is 0 Å². The molecule has 1 amide bonds. The molecule has 0 saturated carbocycles.